The molecule has 0 saturated carbocycles. The lowest BCUT2D eigenvalue weighted by atomic mass is 10.0. The molecule has 6 nitrogen and oxygen atoms in total. The van der Waals surface area contributed by atoms with Crippen molar-refractivity contribution in [3.8, 4) is 0 Å². The van der Waals surface area contributed by atoms with Gasteiger partial charge < -0.3 is 10.4 Å². The number of carbonyl (C=O) groups is 1. The number of unbranched alkanes of at least 4 members (excludes halogenated alkanes) is 22. The lowest BCUT2D eigenvalue weighted by Gasteiger charge is -2.23. The van der Waals surface area contributed by atoms with Gasteiger partial charge in [-0.2, -0.15) is 8.42 Å². The fraction of sp³-hybridized carbons (Fsp3) is 0.829. The van der Waals surface area contributed by atoms with E-state index in [0.29, 0.717) is 12.8 Å². The molecule has 0 spiro atoms. The van der Waals surface area contributed by atoms with E-state index in [1.165, 1.54) is 103 Å². The molecule has 0 fully saturated rings. The fourth-order valence-corrected chi connectivity index (χ4v) is 6.88. The molecule has 0 aliphatic carbocycles. The summed E-state index contributed by atoms with van der Waals surface area (Å²) in [6, 6.07) is -0.975. The van der Waals surface area contributed by atoms with Gasteiger partial charge in [0.1, 0.15) is 0 Å². The highest BCUT2D eigenvalue weighted by molar-refractivity contribution is 7.85. The Bertz CT molecular complexity index is 899. The van der Waals surface area contributed by atoms with E-state index in [9.17, 15) is 22.9 Å². The van der Waals surface area contributed by atoms with Crippen LogP contribution in [0.3, 0.4) is 0 Å². The minimum absolute atomic E-state index is 0.256. The van der Waals surface area contributed by atoms with Gasteiger partial charge in [-0.1, -0.05) is 185 Å². The van der Waals surface area contributed by atoms with Gasteiger partial charge in [0.25, 0.3) is 10.1 Å². The largest absolute Gasteiger partial charge is 0.391 e. The molecular formula is C41H77NO5S. The SMILES string of the molecule is CC/C=C\C/C=C\C/C=C\CCCCCCCCCC(=O)NC(CS(=O)(=O)O)C(O)CCCCCCCCCCCCCCCCCC. The van der Waals surface area contributed by atoms with Crippen LogP contribution in [-0.2, 0) is 14.9 Å². The van der Waals surface area contributed by atoms with Gasteiger partial charge in [0.2, 0.25) is 5.91 Å². The normalized spacial score (nSPS) is 13.7. The average Bonchev–Trinajstić information content (AvgIpc) is 3.05. The first kappa shape index (κ1) is 46.6. The molecule has 3 N–H and O–H groups in total. The van der Waals surface area contributed by atoms with Crippen LogP contribution in [0.2, 0.25) is 0 Å². The zero-order valence-electron chi connectivity index (χ0n) is 31.4. The zero-order chi connectivity index (χ0) is 35.4. The molecule has 0 bridgehead atoms. The second-order valence-corrected chi connectivity index (χ2v) is 15.4. The van der Waals surface area contributed by atoms with E-state index in [0.717, 1.165) is 70.6 Å². The third-order valence-electron chi connectivity index (χ3n) is 9.11. The minimum atomic E-state index is -4.31. The molecular weight excluding hydrogens is 619 g/mol. The standard InChI is InChI=1S/C41H77NO5S/c1-3-5-7-9-11-13-15-17-19-21-23-25-27-29-31-33-35-37-41(44)42-39(38-48(45,46)47)40(43)36-34-32-30-28-26-24-22-20-18-16-14-12-10-8-6-4-2/h5,7,11,13,17,19,39-40,43H,3-4,6,8-10,12,14-16,18,20-38H2,1-2H3,(H,42,44)(H,45,46,47)/b7-5-,13-11-,19-17-. The molecule has 0 saturated heterocycles. The van der Waals surface area contributed by atoms with Gasteiger partial charge in [-0.3, -0.25) is 9.35 Å². The number of amides is 1. The Balaban J connectivity index is 3.89. The van der Waals surface area contributed by atoms with Crippen LogP contribution >= 0.6 is 0 Å². The molecule has 0 aliphatic rings. The predicted octanol–water partition coefficient (Wildman–Crippen LogP) is 11.7. The Morgan fingerprint density at radius 2 is 1.00 bits per heavy atom. The summed E-state index contributed by atoms with van der Waals surface area (Å²) in [6.07, 6.45) is 45.1. The van der Waals surface area contributed by atoms with Gasteiger partial charge in [0.15, 0.2) is 0 Å². The first-order valence-electron chi connectivity index (χ1n) is 20.2. The summed E-state index contributed by atoms with van der Waals surface area (Å²) in [6.45, 7) is 4.41. The summed E-state index contributed by atoms with van der Waals surface area (Å²) in [5, 5.41) is 13.3. The lowest BCUT2D eigenvalue weighted by Crippen LogP contribution is -2.47. The minimum Gasteiger partial charge on any atom is -0.391 e. The summed E-state index contributed by atoms with van der Waals surface area (Å²) in [7, 11) is -4.31. The number of aliphatic hydroxyl groups is 1. The van der Waals surface area contributed by atoms with Crippen LogP contribution < -0.4 is 5.32 Å². The predicted molar refractivity (Wildman–Crippen MR) is 207 cm³/mol. The quantitative estimate of drug-likeness (QED) is 0.0344. The van der Waals surface area contributed by atoms with Crippen LogP contribution in [0.5, 0.6) is 0 Å². The van der Waals surface area contributed by atoms with E-state index in [1.54, 1.807) is 0 Å². The van der Waals surface area contributed by atoms with Gasteiger partial charge in [-0.15, -0.1) is 0 Å². The summed E-state index contributed by atoms with van der Waals surface area (Å²) < 4.78 is 32.5. The molecule has 2 atom stereocenters. The summed E-state index contributed by atoms with van der Waals surface area (Å²) >= 11 is 0. The Kier molecular flexibility index (Phi) is 34.3. The molecule has 282 valence electrons. The van der Waals surface area contributed by atoms with Crippen molar-refractivity contribution >= 4 is 16.0 Å². The van der Waals surface area contributed by atoms with Gasteiger partial charge in [-0.05, 0) is 44.9 Å². The number of rotatable bonds is 36. The lowest BCUT2D eigenvalue weighted by molar-refractivity contribution is -0.122. The van der Waals surface area contributed by atoms with Crippen LogP contribution in [0, 0.1) is 0 Å². The molecule has 0 heterocycles. The topological polar surface area (TPSA) is 104 Å². The van der Waals surface area contributed by atoms with Crippen molar-refractivity contribution in [3.05, 3.63) is 36.5 Å². The maximum Gasteiger partial charge on any atom is 0.266 e. The second kappa shape index (κ2) is 35.4. The molecule has 0 aliphatic heterocycles. The molecule has 0 radical (unpaired) electrons. The molecule has 48 heavy (non-hydrogen) atoms. The van der Waals surface area contributed by atoms with Crippen molar-refractivity contribution in [2.75, 3.05) is 5.75 Å². The first-order valence-corrected chi connectivity index (χ1v) is 21.8. The van der Waals surface area contributed by atoms with Crippen molar-refractivity contribution < 1.29 is 22.9 Å². The van der Waals surface area contributed by atoms with E-state index < -0.39 is 28.0 Å². The number of nitrogens with one attached hydrogen (secondary N) is 1. The summed E-state index contributed by atoms with van der Waals surface area (Å²) in [4.78, 5) is 12.5. The van der Waals surface area contributed by atoms with Crippen molar-refractivity contribution in [1.29, 1.82) is 0 Å². The number of hydrogen-bond acceptors (Lipinski definition) is 4. The Morgan fingerprint density at radius 3 is 1.48 bits per heavy atom. The zero-order valence-corrected chi connectivity index (χ0v) is 32.2. The van der Waals surface area contributed by atoms with Crippen molar-refractivity contribution in [1.82, 2.24) is 5.32 Å². The van der Waals surface area contributed by atoms with E-state index in [-0.39, 0.29) is 5.91 Å². The molecule has 7 heteroatoms. The Hall–Kier alpha value is -1.44. The van der Waals surface area contributed by atoms with E-state index in [1.807, 2.05) is 0 Å². The maximum atomic E-state index is 12.5. The highest BCUT2D eigenvalue weighted by Crippen LogP contribution is 2.16. The van der Waals surface area contributed by atoms with Crippen molar-refractivity contribution in [2.24, 2.45) is 0 Å². The third kappa shape index (κ3) is 35.9. The monoisotopic (exact) mass is 696 g/mol. The number of allylic oxidation sites excluding steroid dienone is 6. The molecule has 0 rings (SSSR count). The first-order chi connectivity index (χ1) is 23.3. The second-order valence-electron chi connectivity index (χ2n) is 13.9. The third-order valence-corrected chi connectivity index (χ3v) is 9.89. The van der Waals surface area contributed by atoms with Crippen LogP contribution in [0.25, 0.3) is 0 Å². The fourth-order valence-electron chi connectivity index (χ4n) is 6.12. The molecule has 0 aromatic heterocycles. The maximum absolute atomic E-state index is 12.5. The van der Waals surface area contributed by atoms with Crippen LogP contribution in [0.4, 0.5) is 0 Å². The van der Waals surface area contributed by atoms with Crippen LogP contribution in [0.15, 0.2) is 36.5 Å². The van der Waals surface area contributed by atoms with Gasteiger partial charge >= 0.3 is 0 Å². The van der Waals surface area contributed by atoms with Crippen LogP contribution in [0.1, 0.15) is 200 Å². The van der Waals surface area contributed by atoms with Gasteiger partial charge in [-0.25, -0.2) is 0 Å². The van der Waals surface area contributed by atoms with Crippen LogP contribution in [-0.4, -0.2) is 41.9 Å². The molecule has 2 unspecified atom stereocenters. The average molecular weight is 696 g/mol. The highest BCUT2D eigenvalue weighted by Gasteiger charge is 2.26. The molecule has 1 amide bonds. The summed E-state index contributed by atoms with van der Waals surface area (Å²) in [5.41, 5.74) is 0. The van der Waals surface area contributed by atoms with E-state index >= 15 is 0 Å². The Morgan fingerprint density at radius 1 is 0.583 bits per heavy atom. The summed E-state index contributed by atoms with van der Waals surface area (Å²) in [5.74, 6) is -0.907. The smallest absolute Gasteiger partial charge is 0.266 e. The number of hydrogen-bond donors (Lipinski definition) is 3. The van der Waals surface area contributed by atoms with E-state index in [4.69, 9.17) is 0 Å². The molecule has 0 aromatic rings. The van der Waals surface area contributed by atoms with Gasteiger partial charge in [0.05, 0.1) is 17.9 Å². The number of aliphatic hydroxyl groups excluding tert-OH is 1. The molecule has 0 aromatic carbocycles. The highest BCUT2D eigenvalue weighted by atomic mass is 32.2. The Labute approximate surface area is 297 Å². The van der Waals surface area contributed by atoms with Gasteiger partial charge in [0, 0.05) is 6.42 Å². The number of carbonyl (C=O) groups excluding carboxylic acids is 1. The van der Waals surface area contributed by atoms with Crippen molar-refractivity contribution in [2.45, 2.75) is 212 Å². The van der Waals surface area contributed by atoms with E-state index in [2.05, 4.69) is 55.6 Å². The van der Waals surface area contributed by atoms with Crippen molar-refractivity contribution in [3.63, 3.8) is 0 Å².